The molecule has 1 aromatic carbocycles. The van der Waals surface area contributed by atoms with E-state index in [9.17, 15) is 0 Å². The first-order valence-corrected chi connectivity index (χ1v) is 13.2. The molecule has 6 heterocycles. The standard InChI is InChI=1S/C29H22N8S/c1-2-4-18(5-3-1)11-30-12-19-10-21(14-31-13-19)23-6-7-24-27(33-23)28(37-36-24)29-34-25-16-32-15-22(26(25)35-29)20-8-9-38-17-20/h1-10,13-17,30H,11-12H2,(H,34,35)(H,36,37). The van der Waals surface area contributed by atoms with Crippen LogP contribution in [0.25, 0.3) is 56.0 Å². The Balaban J connectivity index is 1.20. The van der Waals surface area contributed by atoms with E-state index >= 15 is 0 Å². The number of aromatic nitrogens is 7. The minimum absolute atomic E-state index is 0.650. The van der Waals surface area contributed by atoms with Gasteiger partial charge in [0, 0.05) is 42.8 Å². The summed E-state index contributed by atoms with van der Waals surface area (Å²) in [7, 11) is 0. The summed E-state index contributed by atoms with van der Waals surface area (Å²) in [5.41, 5.74) is 10.2. The lowest BCUT2D eigenvalue weighted by Gasteiger charge is -2.07. The van der Waals surface area contributed by atoms with Gasteiger partial charge in [-0.05, 0) is 51.7 Å². The lowest BCUT2D eigenvalue weighted by Crippen LogP contribution is -2.12. The van der Waals surface area contributed by atoms with Crippen LogP contribution in [0.2, 0.25) is 0 Å². The first-order chi connectivity index (χ1) is 18.8. The SMILES string of the molecule is c1ccc(CNCc2cncc(-c3ccc4[nH]nc(-c5nc6c(-c7ccsc7)cncc6[nH]5)c4n3)c2)cc1. The maximum Gasteiger partial charge on any atom is 0.161 e. The van der Waals surface area contributed by atoms with Gasteiger partial charge in [0.05, 0.1) is 22.9 Å². The summed E-state index contributed by atoms with van der Waals surface area (Å²) >= 11 is 1.65. The predicted molar refractivity (Wildman–Crippen MR) is 150 cm³/mol. The van der Waals surface area contributed by atoms with Crippen molar-refractivity contribution >= 4 is 33.4 Å². The molecule has 0 fully saturated rings. The summed E-state index contributed by atoms with van der Waals surface area (Å²) in [6.45, 7) is 1.52. The van der Waals surface area contributed by atoms with E-state index in [1.807, 2.05) is 36.8 Å². The van der Waals surface area contributed by atoms with Gasteiger partial charge in [0.25, 0.3) is 0 Å². The van der Waals surface area contributed by atoms with Crippen LogP contribution in [-0.4, -0.2) is 35.1 Å². The number of fused-ring (bicyclic) bond motifs is 2. The molecular weight excluding hydrogens is 492 g/mol. The zero-order valence-corrected chi connectivity index (χ0v) is 21.0. The van der Waals surface area contributed by atoms with Crippen molar-refractivity contribution in [2.24, 2.45) is 0 Å². The Bertz CT molecular complexity index is 1850. The highest BCUT2D eigenvalue weighted by Crippen LogP contribution is 2.32. The Kier molecular flexibility index (Phi) is 5.69. The predicted octanol–water partition coefficient (Wildman–Crippen LogP) is 5.98. The average Bonchev–Trinajstić information content (AvgIpc) is 3.73. The van der Waals surface area contributed by atoms with Crippen molar-refractivity contribution in [3.63, 3.8) is 0 Å². The highest BCUT2D eigenvalue weighted by atomic mass is 32.1. The van der Waals surface area contributed by atoms with Gasteiger partial charge >= 0.3 is 0 Å². The van der Waals surface area contributed by atoms with Gasteiger partial charge in [0.15, 0.2) is 11.5 Å². The zero-order chi connectivity index (χ0) is 25.3. The number of nitrogens with zero attached hydrogens (tertiary/aromatic N) is 5. The number of nitrogens with one attached hydrogen (secondary N) is 3. The Morgan fingerprint density at radius 2 is 1.66 bits per heavy atom. The van der Waals surface area contributed by atoms with E-state index in [0.29, 0.717) is 18.1 Å². The third kappa shape index (κ3) is 4.23. The van der Waals surface area contributed by atoms with E-state index in [0.717, 1.165) is 56.6 Å². The molecule has 8 nitrogen and oxygen atoms in total. The third-order valence-electron chi connectivity index (χ3n) is 6.45. The highest BCUT2D eigenvalue weighted by molar-refractivity contribution is 7.08. The molecule has 0 aliphatic heterocycles. The van der Waals surface area contributed by atoms with Crippen molar-refractivity contribution in [1.82, 2.24) is 40.4 Å². The summed E-state index contributed by atoms with van der Waals surface area (Å²) in [6, 6.07) is 18.5. The lowest BCUT2D eigenvalue weighted by atomic mass is 10.1. The molecule has 6 aromatic heterocycles. The first-order valence-electron chi connectivity index (χ1n) is 12.2. The molecule has 0 radical (unpaired) electrons. The molecule has 38 heavy (non-hydrogen) atoms. The molecule has 0 unspecified atom stereocenters. The molecule has 0 spiro atoms. The fourth-order valence-corrected chi connectivity index (χ4v) is 5.23. The molecule has 0 aliphatic carbocycles. The highest BCUT2D eigenvalue weighted by Gasteiger charge is 2.17. The van der Waals surface area contributed by atoms with E-state index < -0.39 is 0 Å². The van der Waals surface area contributed by atoms with Crippen molar-refractivity contribution in [3.8, 4) is 33.9 Å². The summed E-state index contributed by atoms with van der Waals surface area (Å²) < 4.78 is 0. The van der Waals surface area contributed by atoms with Gasteiger partial charge < -0.3 is 10.3 Å². The lowest BCUT2D eigenvalue weighted by molar-refractivity contribution is 0.691. The van der Waals surface area contributed by atoms with Crippen LogP contribution >= 0.6 is 11.3 Å². The van der Waals surface area contributed by atoms with Gasteiger partial charge in [-0.15, -0.1) is 0 Å². The Labute approximate surface area is 221 Å². The van der Waals surface area contributed by atoms with Crippen LogP contribution in [-0.2, 0) is 13.1 Å². The van der Waals surface area contributed by atoms with Crippen LogP contribution in [0.15, 0.2) is 90.1 Å². The van der Waals surface area contributed by atoms with Crippen LogP contribution in [0.5, 0.6) is 0 Å². The van der Waals surface area contributed by atoms with E-state index in [-0.39, 0.29) is 0 Å². The number of aromatic amines is 2. The second kappa shape index (κ2) is 9.62. The molecular formula is C29H22N8S. The molecule has 0 atom stereocenters. The maximum absolute atomic E-state index is 4.97. The maximum atomic E-state index is 4.97. The van der Waals surface area contributed by atoms with E-state index in [4.69, 9.17) is 9.97 Å². The number of benzene rings is 1. The van der Waals surface area contributed by atoms with Crippen molar-refractivity contribution < 1.29 is 0 Å². The number of hydrogen-bond acceptors (Lipinski definition) is 7. The van der Waals surface area contributed by atoms with Gasteiger partial charge in [0.2, 0.25) is 0 Å². The van der Waals surface area contributed by atoms with Crippen LogP contribution in [0.1, 0.15) is 11.1 Å². The topological polar surface area (TPSA) is 108 Å². The molecule has 184 valence electrons. The Hall–Kier alpha value is -4.73. The molecule has 3 N–H and O–H groups in total. The summed E-state index contributed by atoms with van der Waals surface area (Å²) in [4.78, 5) is 22.1. The monoisotopic (exact) mass is 514 g/mol. The number of rotatable bonds is 7. The quantitative estimate of drug-likeness (QED) is 0.242. The normalized spacial score (nSPS) is 11.5. The summed E-state index contributed by atoms with van der Waals surface area (Å²) in [5, 5.41) is 15.3. The number of imidazole rings is 1. The Morgan fingerprint density at radius 3 is 2.55 bits per heavy atom. The van der Waals surface area contributed by atoms with Crippen LogP contribution in [0.3, 0.4) is 0 Å². The van der Waals surface area contributed by atoms with Crippen LogP contribution in [0, 0.1) is 0 Å². The van der Waals surface area contributed by atoms with Crippen molar-refractivity contribution in [3.05, 3.63) is 101 Å². The largest absolute Gasteiger partial charge is 0.335 e. The third-order valence-corrected chi connectivity index (χ3v) is 7.13. The fourth-order valence-electron chi connectivity index (χ4n) is 4.57. The minimum atomic E-state index is 0.650. The average molecular weight is 515 g/mol. The summed E-state index contributed by atoms with van der Waals surface area (Å²) in [5.74, 6) is 0.650. The van der Waals surface area contributed by atoms with E-state index in [2.05, 4.69) is 77.6 Å². The molecule has 0 amide bonds. The molecule has 7 aromatic rings. The van der Waals surface area contributed by atoms with Crippen molar-refractivity contribution in [2.75, 3.05) is 0 Å². The van der Waals surface area contributed by atoms with Gasteiger partial charge in [-0.2, -0.15) is 16.4 Å². The zero-order valence-electron chi connectivity index (χ0n) is 20.2. The second-order valence-corrected chi connectivity index (χ2v) is 9.80. The molecule has 0 aliphatic rings. The first kappa shape index (κ1) is 22.5. The number of H-pyrrole nitrogens is 2. The van der Waals surface area contributed by atoms with Gasteiger partial charge in [-0.3, -0.25) is 15.1 Å². The van der Waals surface area contributed by atoms with Crippen LogP contribution in [0.4, 0.5) is 0 Å². The number of hydrogen-bond donors (Lipinski definition) is 3. The van der Waals surface area contributed by atoms with Gasteiger partial charge in [-0.1, -0.05) is 30.3 Å². The molecule has 0 saturated heterocycles. The molecule has 9 heteroatoms. The molecule has 0 saturated carbocycles. The number of pyridine rings is 3. The minimum Gasteiger partial charge on any atom is -0.335 e. The Morgan fingerprint density at radius 1 is 0.763 bits per heavy atom. The van der Waals surface area contributed by atoms with E-state index in [1.165, 1.54) is 5.56 Å². The fraction of sp³-hybridized carbons (Fsp3) is 0.0690. The van der Waals surface area contributed by atoms with Crippen molar-refractivity contribution in [1.29, 1.82) is 0 Å². The van der Waals surface area contributed by atoms with Crippen LogP contribution < -0.4 is 5.32 Å². The smallest absolute Gasteiger partial charge is 0.161 e. The van der Waals surface area contributed by atoms with Crippen molar-refractivity contribution in [2.45, 2.75) is 13.1 Å². The second-order valence-electron chi connectivity index (χ2n) is 9.02. The van der Waals surface area contributed by atoms with Gasteiger partial charge in [0.1, 0.15) is 11.0 Å². The molecule has 7 rings (SSSR count). The molecule has 0 bridgehead atoms. The number of thiophene rings is 1. The van der Waals surface area contributed by atoms with Gasteiger partial charge in [-0.25, -0.2) is 9.97 Å². The van der Waals surface area contributed by atoms with E-state index in [1.54, 1.807) is 17.5 Å². The summed E-state index contributed by atoms with van der Waals surface area (Å²) in [6.07, 6.45) is 7.37.